The van der Waals surface area contributed by atoms with E-state index < -0.39 is 20.0 Å². The van der Waals surface area contributed by atoms with Crippen LogP contribution in [0, 0.1) is 0 Å². The van der Waals surface area contributed by atoms with E-state index in [-0.39, 0.29) is 19.1 Å². The number of quaternary nitrogens is 1. The van der Waals surface area contributed by atoms with Gasteiger partial charge in [-0.3, -0.25) is 13.8 Å². The molecule has 0 aliphatic rings. The molecule has 520 valence electrons. The topological polar surface area (TPSA) is 105 Å². The van der Waals surface area contributed by atoms with Gasteiger partial charge in [-0.25, -0.2) is 4.57 Å². The van der Waals surface area contributed by atoms with Gasteiger partial charge in [0.15, 0.2) is 0 Å². The van der Waals surface area contributed by atoms with Crippen LogP contribution in [0.4, 0.5) is 0 Å². The summed E-state index contributed by atoms with van der Waals surface area (Å²) in [5.41, 5.74) is 0. The van der Waals surface area contributed by atoms with Crippen LogP contribution in [0.15, 0.2) is 122 Å². The van der Waals surface area contributed by atoms with E-state index >= 15 is 0 Å². The molecular weight excluding hydrogens is 1130 g/mol. The fraction of sp³-hybridized carbons (Fsp3) is 0.741. The maximum absolute atomic E-state index is 13.1. The van der Waals surface area contributed by atoms with Crippen LogP contribution in [-0.4, -0.2) is 73.4 Å². The Balaban J connectivity index is 4.10. The van der Waals surface area contributed by atoms with E-state index in [2.05, 4.69) is 129 Å². The molecule has 1 amide bonds. The molecule has 0 fully saturated rings. The average molecular weight is 1280 g/mol. The second kappa shape index (κ2) is 70.2. The zero-order valence-electron chi connectivity index (χ0n) is 59.6. The van der Waals surface area contributed by atoms with Gasteiger partial charge in [0.25, 0.3) is 0 Å². The second-order valence-corrected chi connectivity index (χ2v) is 28.1. The predicted octanol–water partition coefficient (Wildman–Crippen LogP) is 24.8. The summed E-state index contributed by atoms with van der Waals surface area (Å²) in [5.74, 6) is -0.184. The van der Waals surface area contributed by atoms with Crippen molar-refractivity contribution in [1.29, 1.82) is 0 Å². The number of phosphoric ester groups is 1. The monoisotopic (exact) mass is 1270 g/mol. The second-order valence-electron chi connectivity index (χ2n) is 26.6. The number of carbonyl (C=O) groups is 1. The third-order valence-corrected chi connectivity index (χ3v) is 17.7. The lowest BCUT2D eigenvalue weighted by atomic mass is 10.0. The fourth-order valence-electron chi connectivity index (χ4n) is 10.9. The van der Waals surface area contributed by atoms with Crippen molar-refractivity contribution in [2.75, 3.05) is 40.9 Å². The Labute approximate surface area is 558 Å². The van der Waals surface area contributed by atoms with Gasteiger partial charge in [-0.15, -0.1) is 0 Å². The summed E-state index contributed by atoms with van der Waals surface area (Å²) >= 11 is 0. The van der Waals surface area contributed by atoms with E-state index in [1.165, 1.54) is 212 Å². The van der Waals surface area contributed by atoms with Gasteiger partial charge >= 0.3 is 7.82 Å². The molecule has 0 saturated carbocycles. The lowest BCUT2D eigenvalue weighted by Crippen LogP contribution is -2.45. The summed E-state index contributed by atoms with van der Waals surface area (Å²) in [6.45, 7) is 4.73. The molecule has 3 unspecified atom stereocenters. The van der Waals surface area contributed by atoms with E-state index in [1.807, 2.05) is 27.2 Å². The molecule has 3 N–H and O–H groups in total. The molecule has 90 heavy (non-hydrogen) atoms. The lowest BCUT2D eigenvalue weighted by molar-refractivity contribution is -0.870. The molecule has 0 aliphatic heterocycles. The van der Waals surface area contributed by atoms with Gasteiger partial charge in [0.05, 0.1) is 39.9 Å². The third-order valence-electron chi connectivity index (χ3n) is 16.7. The van der Waals surface area contributed by atoms with Crippen LogP contribution in [0.5, 0.6) is 0 Å². The summed E-state index contributed by atoms with van der Waals surface area (Å²) < 4.78 is 23.9. The van der Waals surface area contributed by atoms with E-state index in [1.54, 1.807) is 6.08 Å². The lowest BCUT2D eigenvalue weighted by Gasteiger charge is -2.25. The molecule has 0 rings (SSSR count). The number of rotatable bonds is 69. The van der Waals surface area contributed by atoms with Gasteiger partial charge in [0, 0.05) is 6.42 Å². The Bertz CT molecular complexity index is 1890. The molecule has 0 radical (unpaired) electrons. The number of nitrogens with zero attached hydrogens (tertiary/aromatic N) is 1. The van der Waals surface area contributed by atoms with E-state index in [4.69, 9.17) is 9.05 Å². The maximum atomic E-state index is 13.1. The summed E-state index contributed by atoms with van der Waals surface area (Å²) in [4.78, 5) is 23.5. The van der Waals surface area contributed by atoms with E-state index in [9.17, 15) is 19.4 Å². The van der Waals surface area contributed by atoms with Crippen molar-refractivity contribution in [1.82, 2.24) is 5.32 Å². The molecule has 0 aromatic carbocycles. The van der Waals surface area contributed by atoms with Gasteiger partial charge in [-0.2, -0.15) is 0 Å². The zero-order chi connectivity index (χ0) is 65.5. The van der Waals surface area contributed by atoms with Crippen molar-refractivity contribution in [3.05, 3.63) is 122 Å². The van der Waals surface area contributed by atoms with Gasteiger partial charge in [-0.05, 0) is 89.9 Å². The van der Waals surface area contributed by atoms with E-state index in [0.29, 0.717) is 17.4 Å². The van der Waals surface area contributed by atoms with Crippen molar-refractivity contribution in [2.24, 2.45) is 0 Å². The normalized spacial score (nSPS) is 14.3. The summed E-state index contributed by atoms with van der Waals surface area (Å²) in [6.07, 6.45) is 105. The quantitative estimate of drug-likeness (QED) is 0.0243. The van der Waals surface area contributed by atoms with Crippen LogP contribution in [0.1, 0.15) is 335 Å². The highest BCUT2D eigenvalue weighted by Crippen LogP contribution is 2.43. The predicted molar refractivity (Wildman–Crippen MR) is 396 cm³/mol. The maximum Gasteiger partial charge on any atom is 0.472 e. The molecule has 0 aliphatic carbocycles. The first-order valence-electron chi connectivity index (χ1n) is 37.9. The van der Waals surface area contributed by atoms with Crippen LogP contribution in [0.25, 0.3) is 0 Å². The number of aliphatic hydroxyl groups is 1. The number of nitrogens with one attached hydrogen (secondary N) is 1. The molecule has 0 aromatic heterocycles. The molecule has 0 bridgehead atoms. The number of hydrogen-bond donors (Lipinski definition) is 3. The van der Waals surface area contributed by atoms with E-state index in [0.717, 1.165) is 103 Å². The number of phosphoric acid groups is 1. The third kappa shape index (κ3) is 72.3. The summed E-state index contributed by atoms with van der Waals surface area (Å²) in [7, 11) is 1.56. The first-order valence-corrected chi connectivity index (χ1v) is 39.4. The highest BCUT2D eigenvalue weighted by atomic mass is 31.2. The number of hydrogen-bond acceptors (Lipinski definition) is 5. The molecule has 8 nitrogen and oxygen atoms in total. The number of likely N-dealkylation sites (N-methyl/N-ethyl adjacent to an activating group) is 1. The minimum absolute atomic E-state index is 0.0554. The van der Waals surface area contributed by atoms with Crippen molar-refractivity contribution in [3.8, 4) is 0 Å². The van der Waals surface area contributed by atoms with Crippen molar-refractivity contribution in [2.45, 2.75) is 347 Å². The fourth-order valence-corrected chi connectivity index (χ4v) is 11.6. The molecule has 9 heteroatoms. The smallest absolute Gasteiger partial charge is 0.387 e. The summed E-state index contributed by atoms with van der Waals surface area (Å²) in [6, 6.07) is -0.860. The Morgan fingerprint density at radius 1 is 0.389 bits per heavy atom. The Morgan fingerprint density at radius 3 is 0.978 bits per heavy atom. The number of carbonyl (C=O) groups excluding carboxylic acids is 1. The standard InChI is InChI=1S/C81H145N2O6P/c1-6-8-10-12-14-16-18-20-22-24-26-28-30-32-34-36-38-39-40-41-42-43-45-47-49-51-53-55-57-59-61-63-65-67-69-71-73-75-81(85)82-79(78-89-90(86,87)88-77-76-83(3,4)5)80(84)74-72-70-68-66-64-62-60-58-56-54-52-50-48-46-44-37-35-33-31-29-27-25-23-21-19-17-15-13-11-9-7-2/h8,10,14,16,20,22,26,28,32,34,38-39,41-42,45,47,51,53,72,74,79-80,84H,6-7,9,11-13,15,17-19,21,23-25,27,29-31,33,35-37,40,43-44,46,48-50,52,54-71,73,75-78H2,1-5H3,(H-,82,85,86,87)/p+1/b10-8-,16-14-,22-20-,28-26-,34-32-,39-38-,42-41-,47-45-,53-51-,74-72+. The van der Waals surface area contributed by atoms with Crippen LogP contribution < -0.4 is 5.32 Å². The average Bonchev–Trinajstić information content (AvgIpc) is 3.18. The minimum atomic E-state index is -4.37. The first-order chi connectivity index (χ1) is 44.0. The van der Waals surface area contributed by atoms with Crippen molar-refractivity contribution < 1.29 is 32.9 Å². The molecule has 0 saturated heterocycles. The Morgan fingerprint density at radius 2 is 0.667 bits per heavy atom. The van der Waals surface area contributed by atoms with Gasteiger partial charge in [0.1, 0.15) is 13.2 Å². The van der Waals surface area contributed by atoms with Crippen LogP contribution >= 0.6 is 7.82 Å². The highest BCUT2D eigenvalue weighted by Gasteiger charge is 2.28. The minimum Gasteiger partial charge on any atom is -0.387 e. The Hall–Kier alpha value is -3.10. The number of aliphatic hydroxyl groups excluding tert-OH is 1. The van der Waals surface area contributed by atoms with Crippen molar-refractivity contribution >= 4 is 13.7 Å². The molecular formula is C81H146N2O6P+. The van der Waals surface area contributed by atoms with Gasteiger partial charge < -0.3 is 19.8 Å². The SMILES string of the molecule is CC/C=C\C/C=C\C/C=C\C/C=C\C/C=C\C/C=C\C/C=C\C/C=C\C/C=C\CCCCCCCCCCCC(=O)NC(COP(=O)(O)OCC[N+](C)(C)C)C(O)/C=C/CCCCCCCCCCCCCCCCCCCCCCCCCCCCCCC. The molecule has 0 heterocycles. The Kier molecular flexibility index (Phi) is 67.8. The largest absolute Gasteiger partial charge is 0.472 e. The molecule has 3 atom stereocenters. The number of amides is 1. The zero-order valence-corrected chi connectivity index (χ0v) is 60.5. The van der Waals surface area contributed by atoms with Crippen LogP contribution in [0.3, 0.4) is 0 Å². The van der Waals surface area contributed by atoms with Gasteiger partial charge in [-0.1, -0.05) is 360 Å². The molecule has 0 aromatic rings. The van der Waals surface area contributed by atoms with Crippen molar-refractivity contribution in [3.63, 3.8) is 0 Å². The first kappa shape index (κ1) is 86.9. The number of allylic oxidation sites excluding steroid dienone is 19. The number of unbranched alkanes of at least 4 members (excludes halogenated alkanes) is 38. The highest BCUT2D eigenvalue weighted by molar-refractivity contribution is 7.47. The summed E-state index contributed by atoms with van der Waals surface area (Å²) in [5, 5.41) is 14.0. The van der Waals surface area contributed by atoms with Crippen LogP contribution in [0.2, 0.25) is 0 Å². The van der Waals surface area contributed by atoms with Gasteiger partial charge in [0.2, 0.25) is 5.91 Å². The van der Waals surface area contributed by atoms with Crippen LogP contribution in [-0.2, 0) is 18.4 Å². The molecule has 0 spiro atoms.